The number of aryl methyl sites for hydroxylation is 3. The quantitative estimate of drug-likeness (QED) is 0.620. The third-order valence-electron chi connectivity index (χ3n) is 5.23. The van der Waals surface area contributed by atoms with Gasteiger partial charge in [0, 0.05) is 18.8 Å². The molecule has 0 bridgehead atoms. The van der Waals surface area contributed by atoms with Crippen molar-refractivity contribution in [2.45, 2.75) is 53.1 Å². The molecule has 0 fully saturated rings. The second-order valence-corrected chi connectivity index (χ2v) is 8.00. The minimum Gasteiger partial charge on any atom is -0.345 e. The summed E-state index contributed by atoms with van der Waals surface area (Å²) in [4.78, 5) is 17.1. The first kappa shape index (κ1) is 21.1. The van der Waals surface area contributed by atoms with Gasteiger partial charge in [0.2, 0.25) is 5.91 Å². The predicted octanol–water partition coefficient (Wildman–Crippen LogP) is 5.02. The summed E-state index contributed by atoms with van der Waals surface area (Å²) in [6.07, 6.45) is 3.81. The zero-order valence-electron chi connectivity index (χ0n) is 17.5. The maximum Gasteiger partial charge on any atom is 0.222 e. The van der Waals surface area contributed by atoms with Crippen molar-refractivity contribution >= 4 is 17.5 Å². The van der Waals surface area contributed by atoms with Crippen LogP contribution in [0.2, 0.25) is 5.02 Å². The number of hydrogen-bond donors (Lipinski definition) is 1. The summed E-state index contributed by atoms with van der Waals surface area (Å²) >= 11 is 6.27. The van der Waals surface area contributed by atoms with Crippen LogP contribution in [0.3, 0.4) is 0 Å². The molecule has 6 heteroatoms. The lowest BCUT2D eigenvalue weighted by molar-refractivity contribution is -0.122. The van der Waals surface area contributed by atoms with E-state index in [-0.39, 0.29) is 18.0 Å². The van der Waals surface area contributed by atoms with Crippen LogP contribution in [0.5, 0.6) is 0 Å². The lowest BCUT2D eigenvalue weighted by Gasteiger charge is -2.23. The van der Waals surface area contributed by atoms with E-state index in [1.807, 2.05) is 37.6 Å². The lowest BCUT2D eigenvalue weighted by atomic mass is 9.94. The number of hydrogen-bond acceptors (Lipinski definition) is 3. The number of halogens is 1. The van der Waals surface area contributed by atoms with Gasteiger partial charge in [0.25, 0.3) is 0 Å². The smallest absolute Gasteiger partial charge is 0.222 e. The van der Waals surface area contributed by atoms with E-state index in [0.29, 0.717) is 11.4 Å². The first-order chi connectivity index (χ1) is 13.8. The molecule has 0 unspecified atom stereocenters. The molecule has 1 N–H and O–H groups in total. The van der Waals surface area contributed by atoms with Gasteiger partial charge in [-0.25, -0.2) is 0 Å². The molecule has 3 aromatic rings. The molecule has 3 rings (SSSR count). The van der Waals surface area contributed by atoms with Crippen molar-refractivity contribution in [2.75, 3.05) is 0 Å². The van der Waals surface area contributed by atoms with E-state index in [9.17, 15) is 4.79 Å². The normalized spacial score (nSPS) is 13.2. The van der Waals surface area contributed by atoms with Gasteiger partial charge in [-0.1, -0.05) is 35.4 Å². The molecule has 1 amide bonds. The van der Waals surface area contributed by atoms with Crippen molar-refractivity contribution < 1.29 is 4.79 Å². The van der Waals surface area contributed by atoms with E-state index in [0.717, 1.165) is 33.6 Å². The average molecular weight is 411 g/mol. The minimum absolute atomic E-state index is 0.0381. The Morgan fingerprint density at radius 3 is 2.45 bits per heavy atom. The number of nitrogens with zero attached hydrogens (tertiary/aromatic N) is 3. The van der Waals surface area contributed by atoms with E-state index in [4.69, 9.17) is 11.6 Å². The number of carbonyl (C=O) groups is 1. The first-order valence-electron chi connectivity index (χ1n) is 9.75. The molecule has 152 valence electrons. The molecule has 0 saturated heterocycles. The van der Waals surface area contributed by atoms with Crippen molar-refractivity contribution in [1.29, 1.82) is 0 Å². The van der Waals surface area contributed by atoms with Crippen LogP contribution in [-0.4, -0.2) is 20.7 Å². The Morgan fingerprint density at radius 1 is 1.14 bits per heavy atom. The predicted molar refractivity (Wildman–Crippen MR) is 116 cm³/mol. The van der Waals surface area contributed by atoms with Crippen LogP contribution < -0.4 is 5.32 Å². The molecule has 0 radical (unpaired) electrons. The van der Waals surface area contributed by atoms with E-state index >= 15 is 0 Å². The fourth-order valence-corrected chi connectivity index (χ4v) is 3.74. The minimum atomic E-state index is -0.235. The van der Waals surface area contributed by atoms with Crippen LogP contribution >= 0.6 is 11.6 Å². The molecule has 0 saturated carbocycles. The Bertz CT molecular complexity index is 1010. The molecule has 0 spiro atoms. The summed E-state index contributed by atoms with van der Waals surface area (Å²) in [5.74, 6) is -0.0381. The van der Waals surface area contributed by atoms with E-state index in [2.05, 4.69) is 47.4 Å². The van der Waals surface area contributed by atoms with E-state index in [1.54, 1.807) is 12.4 Å². The molecular weight excluding hydrogens is 384 g/mol. The first-order valence-corrected chi connectivity index (χ1v) is 10.1. The third-order valence-corrected chi connectivity index (χ3v) is 5.77. The Hall–Kier alpha value is -2.66. The highest BCUT2D eigenvalue weighted by atomic mass is 35.5. The molecule has 0 aliphatic rings. The molecule has 2 atom stereocenters. The third kappa shape index (κ3) is 4.67. The molecule has 5 nitrogen and oxygen atoms in total. The fraction of sp³-hybridized carbons (Fsp3) is 0.348. The highest BCUT2D eigenvalue weighted by molar-refractivity contribution is 6.31. The molecule has 2 aromatic heterocycles. The van der Waals surface area contributed by atoms with Crippen molar-refractivity contribution in [2.24, 2.45) is 0 Å². The van der Waals surface area contributed by atoms with Gasteiger partial charge in [-0.15, -0.1) is 0 Å². The summed E-state index contributed by atoms with van der Waals surface area (Å²) < 4.78 is 1.83. The summed E-state index contributed by atoms with van der Waals surface area (Å²) in [6.45, 7) is 9.90. The number of benzene rings is 1. The van der Waals surface area contributed by atoms with Crippen LogP contribution in [0.15, 0.2) is 42.7 Å². The van der Waals surface area contributed by atoms with Crippen LogP contribution in [0.4, 0.5) is 0 Å². The highest BCUT2D eigenvalue weighted by Gasteiger charge is 2.22. The summed E-state index contributed by atoms with van der Waals surface area (Å²) in [7, 11) is 0. The second-order valence-electron chi connectivity index (χ2n) is 7.62. The molecule has 0 aliphatic carbocycles. The van der Waals surface area contributed by atoms with Gasteiger partial charge in [0.15, 0.2) is 0 Å². The number of carbonyl (C=O) groups excluding carboxylic acids is 1. The van der Waals surface area contributed by atoms with Gasteiger partial charge in [0.05, 0.1) is 28.5 Å². The van der Waals surface area contributed by atoms with Crippen molar-refractivity contribution in [1.82, 2.24) is 20.1 Å². The van der Waals surface area contributed by atoms with Gasteiger partial charge in [0.1, 0.15) is 0 Å². The number of nitrogens with one attached hydrogen (secondary N) is 1. The second kappa shape index (κ2) is 8.78. The van der Waals surface area contributed by atoms with Crippen molar-refractivity contribution in [3.05, 3.63) is 81.4 Å². The lowest BCUT2D eigenvalue weighted by Crippen LogP contribution is -2.31. The maximum absolute atomic E-state index is 13.0. The van der Waals surface area contributed by atoms with Crippen LogP contribution in [0.25, 0.3) is 0 Å². The SMILES string of the molecule is Cc1ccc(C)c([C@@H](NC(=O)C[C@@H](C)n2nc(C)c(Cl)c2C)c2ccncc2)c1. The Balaban J connectivity index is 1.85. The van der Waals surface area contributed by atoms with Crippen LogP contribution in [-0.2, 0) is 4.79 Å². The molecule has 1 aromatic carbocycles. The maximum atomic E-state index is 13.0. The van der Waals surface area contributed by atoms with Gasteiger partial charge in [-0.2, -0.15) is 5.10 Å². The van der Waals surface area contributed by atoms with Gasteiger partial charge in [-0.3, -0.25) is 14.5 Å². The average Bonchev–Trinajstić information content (AvgIpc) is 2.96. The van der Waals surface area contributed by atoms with Crippen molar-refractivity contribution in [3.63, 3.8) is 0 Å². The summed E-state index contributed by atoms with van der Waals surface area (Å²) in [5.41, 5.74) is 6.04. The Kier molecular flexibility index (Phi) is 6.38. The number of aromatic nitrogens is 3. The van der Waals surface area contributed by atoms with Crippen molar-refractivity contribution in [3.8, 4) is 0 Å². The molecule has 0 aliphatic heterocycles. The molecular formula is C23H27ClN4O. The van der Waals surface area contributed by atoms with Crippen LogP contribution in [0.1, 0.15) is 59.1 Å². The van der Waals surface area contributed by atoms with Gasteiger partial charge >= 0.3 is 0 Å². The fourth-order valence-electron chi connectivity index (χ4n) is 3.61. The standard InChI is InChI=1S/C23H27ClN4O/c1-14-6-7-15(2)20(12-14)23(19-8-10-25-11-9-19)26-21(29)13-16(3)28-18(5)22(24)17(4)27-28/h6-12,16,23H,13H2,1-5H3,(H,26,29)/t16-,23+/m1/s1. The Labute approximate surface area is 177 Å². The van der Waals surface area contributed by atoms with Crippen LogP contribution in [0, 0.1) is 27.7 Å². The zero-order valence-corrected chi connectivity index (χ0v) is 18.3. The van der Waals surface area contributed by atoms with Gasteiger partial charge in [-0.05, 0) is 63.4 Å². The monoisotopic (exact) mass is 410 g/mol. The largest absolute Gasteiger partial charge is 0.345 e. The Morgan fingerprint density at radius 2 is 1.83 bits per heavy atom. The highest BCUT2D eigenvalue weighted by Crippen LogP contribution is 2.27. The summed E-state index contributed by atoms with van der Waals surface area (Å²) in [5, 5.41) is 8.35. The van der Waals surface area contributed by atoms with Gasteiger partial charge < -0.3 is 5.32 Å². The number of amides is 1. The number of rotatable bonds is 6. The molecule has 2 heterocycles. The number of pyridine rings is 1. The van der Waals surface area contributed by atoms with E-state index < -0.39 is 0 Å². The summed E-state index contributed by atoms with van der Waals surface area (Å²) in [6, 6.07) is 9.85. The van der Waals surface area contributed by atoms with E-state index in [1.165, 1.54) is 0 Å². The zero-order chi connectivity index (χ0) is 21.1. The molecule has 29 heavy (non-hydrogen) atoms. The topological polar surface area (TPSA) is 59.8 Å².